The summed E-state index contributed by atoms with van der Waals surface area (Å²) in [5.41, 5.74) is 1.13. The van der Waals surface area contributed by atoms with E-state index in [4.69, 9.17) is 9.47 Å². The molecular formula is C17H30N2O2. The molecule has 0 aromatic heterocycles. The van der Waals surface area contributed by atoms with Gasteiger partial charge in [-0.2, -0.15) is 0 Å². The smallest absolute Gasteiger partial charge is 0.123 e. The molecule has 1 aromatic rings. The first-order valence-corrected chi connectivity index (χ1v) is 7.55. The molecule has 0 aliphatic rings. The number of hydrogen-bond acceptors (Lipinski definition) is 4. The molecule has 0 saturated heterocycles. The SMILES string of the molecule is COc1ccc(OC)c(CNC(CC(C)C)CN(C)C)c1. The molecular weight excluding hydrogens is 264 g/mol. The van der Waals surface area contributed by atoms with E-state index >= 15 is 0 Å². The molecule has 0 heterocycles. The lowest BCUT2D eigenvalue weighted by molar-refractivity contribution is 0.303. The Balaban J connectivity index is 2.73. The molecule has 0 aliphatic carbocycles. The van der Waals surface area contributed by atoms with Crippen molar-refractivity contribution >= 4 is 0 Å². The van der Waals surface area contributed by atoms with Gasteiger partial charge in [0.25, 0.3) is 0 Å². The highest BCUT2D eigenvalue weighted by Crippen LogP contribution is 2.24. The first-order chi connectivity index (χ1) is 9.96. The third-order valence-corrected chi connectivity index (χ3v) is 3.41. The Kier molecular flexibility index (Phi) is 7.54. The van der Waals surface area contributed by atoms with Gasteiger partial charge in [-0.3, -0.25) is 0 Å². The molecule has 0 fully saturated rings. The van der Waals surface area contributed by atoms with E-state index in [9.17, 15) is 0 Å². The monoisotopic (exact) mass is 294 g/mol. The van der Waals surface area contributed by atoms with Crippen LogP contribution in [0.2, 0.25) is 0 Å². The molecule has 0 amide bonds. The van der Waals surface area contributed by atoms with E-state index in [2.05, 4.69) is 38.2 Å². The third kappa shape index (κ3) is 6.36. The van der Waals surface area contributed by atoms with Crippen molar-refractivity contribution in [2.75, 3.05) is 34.9 Å². The van der Waals surface area contributed by atoms with Gasteiger partial charge in [0.15, 0.2) is 0 Å². The summed E-state index contributed by atoms with van der Waals surface area (Å²) < 4.78 is 10.7. The van der Waals surface area contributed by atoms with Crippen LogP contribution in [0.25, 0.3) is 0 Å². The molecule has 120 valence electrons. The van der Waals surface area contributed by atoms with E-state index in [0.717, 1.165) is 36.6 Å². The van der Waals surface area contributed by atoms with E-state index in [1.54, 1.807) is 14.2 Å². The molecule has 21 heavy (non-hydrogen) atoms. The Morgan fingerprint density at radius 2 is 1.86 bits per heavy atom. The van der Waals surface area contributed by atoms with Crippen LogP contribution in [0.3, 0.4) is 0 Å². The van der Waals surface area contributed by atoms with Crippen molar-refractivity contribution in [1.29, 1.82) is 0 Å². The predicted molar refractivity (Wildman–Crippen MR) is 88.2 cm³/mol. The maximum Gasteiger partial charge on any atom is 0.123 e. The van der Waals surface area contributed by atoms with E-state index in [1.165, 1.54) is 0 Å². The minimum absolute atomic E-state index is 0.468. The molecule has 0 aliphatic heterocycles. The quantitative estimate of drug-likeness (QED) is 0.759. The van der Waals surface area contributed by atoms with Crippen LogP contribution in [0, 0.1) is 5.92 Å². The highest BCUT2D eigenvalue weighted by molar-refractivity contribution is 5.40. The molecule has 1 atom stereocenters. The second kappa shape index (κ2) is 8.90. The first kappa shape index (κ1) is 17.8. The van der Waals surface area contributed by atoms with Crippen molar-refractivity contribution in [3.8, 4) is 11.5 Å². The summed E-state index contributed by atoms with van der Waals surface area (Å²) in [6, 6.07) is 6.39. The van der Waals surface area contributed by atoms with Crippen LogP contribution in [-0.4, -0.2) is 45.8 Å². The van der Waals surface area contributed by atoms with Crippen LogP contribution in [-0.2, 0) is 6.54 Å². The second-order valence-corrected chi connectivity index (χ2v) is 6.15. The van der Waals surface area contributed by atoms with Gasteiger partial charge in [0.2, 0.25) is 0 Å². The Morgan fingerprint density at radius 1 is 1.14 bits per heavy atom. The number of methoxy groups -OCH3 is 2. The molecule has 1 unspecified atom stereocenters. The van der Waals surface area contributed by atoms with Crippen LogP contribution in [0.5, 0.6) is 11.5 Å². The van der Waals surface area contributed by atoms with E-state index in [0.29, 0.717) is 12.0 Å². The molecule has 0 saturated carbocycles. The van der Waals surface area contributed by atoms with Crippen molar-refractivity contribution in [3.05, 3.63) is 23.8 Å². The maximum absolute atomic E-state index is 5.43. The maximum atomic E-state index is 5.43. The Labute approximate surface area is 129 Å². The molecule has 1 N–H and O–H groups in total. The summed E-state index contributed by atoms with van der Waals surface area (Å²) in [7, 11) is 7.62. The number of likely N-dealkylation sites (N-methyl/N-ethyl adjacent to an activating group) is 1. The highest BCUT2D eigenvalue weighted by Gasteiger charge is 2.13. The Hall–Kier alpha value is -1.26. The summed E-state index contributed by atoms with van der Waals surface area (Å²) in [6.45, 7) is 6.34. The third-order valence-electron chi connectivity index (χ3n) is 3.41. The molecule has 0 radical (unpaired) electrons. The minimum atomic E-state index is 0.468. The lowest BCUT2D eigenvalue weighted by atomic mass is 10.0. The summed E-state index contributed by atoms with van der Waals surface area (Å²) >= 11 is 0. The zero-order chi connectivity index (χ0) is 15.8. The number of hydrogen-bond donors (Lipinski definition) is 1. The number of benzene rings is 1. The van der Waals surface area contributed by atoms with Crippen LogP contribution >= 0.6 is 0 Å². The fraction of sp³-hybridized carbons (Fsp3) is 0.647. The van der Waals surface area contributed by atoms with Crippen LogP contribution in [0.1, 0.15) is 25.8 Å². The second-order valence-electron chi connectivity index (χ2n) is 6.15. The lowest BCUT2D eigenvalue weighted by Gasteiger charge is -2.24. The van der Waals surface area contributed by atoms with E-state index in [-0.39, 0.29) is 0 Å². The molecule has 4 heteroatoms. The molecule has 4 nitrogen and oxygen atoms in total. The van der Waals surface area contributed by atoms with Gasteiger partial charge in [-0.25, -0.2) is 0 Å². The highest BCUT2D eigenvalue weighted by atomic mass is 16.5. The molecule has 1 aromatic carbocycles. The van der Waals surface area contributed by atoms with Gasteiger partial charge >= 0.3 is 0 Å². The van der Waals surface area contributed by atoms with Crippen LogP contribution in [0.4, 0.5) is 0 Å². The topological polar surface area (TPSA) is 33.7 Å². The van der Waals surface area contributed by atoms with Crippen LogP contribution in [0.15, 0.2) is 18.2 Å². The average molecular weight is 294 g/mol. The van der Waals surface area contributed by atoms with Gasteiger partial charge in [-0.05, 0) is 44.6 Å². The molecule has 1 rings (SSSR count). The van der Waals surface area contributed by atoms with Crippen molar-refractivity contribution in [2.24, 2.45) is 5.92 Å². The number of nitrogens with zero attached hydrogens (tertiary/aromatic N) is 1. The normalized spacial score (nSPS) is 12.8. The van der Waals surface area contributed by atoms with Gasteiger partial charge in [0.05, 0.1) is 14.2 Å². The standard InChI is InChI=1S/C17H30N2O2/c1-13(2)9-15(12-19(3)4)18-11-14-10-16(20-5)7-8-17(14)21-6/h7-8,10,13,15,18H,9,11-12H2,1-6H3. The number of ether oxygens (including phenoxy) is 2. The van der Waals surface area contributed by atoms with Crippen molar-refractivity contribution in [2.45, 2.75) is 32.9 Å². The van der Waals surface area contributed by atoms with E-state index < -0.39 is 0 Å². The number of rotatable bonds is 9. The summed E-state index contributed by atoms with van der Waals surface area (Å²) in [4.78, 5) is 2.23. The largest absolute Gasteiger partial charge is 0.497 e. The first-order valence-electron chi connectivity index (χ1n) is 7.55. The van der Waals surface area contributed by atoms with Crippen molar-refractivity contribution in [3.63, 3.8) is 0 Å². The fourth-order valence-corrected chi connectivity index (χ4v) is 2.51. The van der Waals surface area contributed by atoms with E-state index in [1.807, 2.05) is 18.2 Å². The van der Waals surface area contributed by atoms with Crippen molar-refractivity contribution < 1.29 is 9.47 Å². The number of nitrogens with one attached hydrogen (secondary N) is 1. The Morgan fingerprint density at radius 3 is 2.38 bits per heavy atom. The summed E-state index contributed by atoms with van der Waals surface area (Å²) in [5.74, 6) is 2.44. The van der Waals surface area contributed by atoms with Gasteiger partial charge in [0.1, 0.15) is 11.5 Å². The Bertz CT molecular complexity index is 409. The predicted octanol–water partition coefficient (Wildman–Crippen LogP) is 2.77. The summed E-state index contributed by atoms with van der Waals surface area (Å²) in [6.07, 6.45) is 1.16. The zero-order valence-corrected chi connectivity index (χ0v) is 14.3. The molecule has 0 bridgehead atoms. The minimum Gasteiger partial charge on any atom is -0.497 e. The van der Waals surface area contributed by atoms with Gasteiger partial charge in [-0.15, -0.1) is 0 Å². The molecule has 0 spiro atoms. The van der Waals surface area contributed by atoms with Crippen LogP contribution < -0.4 is 14.8 Å². The average Bonchev–Trinajstić information content (AvgIpc) is 2.43. The lowest BCUT2D eigenvalue weighted by Crippen LogP contribution is -2.38. The van der Waals surface area contributed by atoms with Gasteiger partial charge < -0.3 is 19.7 Å². The van der Waals surface area contributed by atoms with Gasteiger partial charge in [-0.1, -0.05) is 13.8 Å². The van der Waals surface area contributed by atoms with Crippen molar-refractivity contribution in [1.82, 2.24) is 10.2 Å². The fourth-order valence-electron chi connectivity index (χ4n) is 2.51. The van der Waals surface area contributed by atoms with Gasteiger partial charge in [0, 0.05) is 24.7 Å². The summed E-state index contributed by atoms with van der Waals surface area (Å²) in [5, 5.41) is 3.65. The zero-order valence-electron chi connectivity index (χ0n) is 14.3.